The van der Waals surface area contributed by atoms with Crippen molar-refractivity contribution in [2.24, 2.45) is 7.05 Å². The highest BCUT2D eigenvalue weighted by atomic mass is 35.5. The van der Waals surface area contributed by atoms with Gasteiger partial charge in [0.2, 0.25) is 0 Å². The van der Waals surface area contributed by atoms with Crippen LogP contribution in [0.3, 0.4) is 0 Å². The number of halogens is 1. The highest BCUT2D eigenvalue weighted by Crippen LogP contribution is 2.02. The largest absolute Gasteiger partial charge is 0.477 e. The zero-order valence-electron chi connectivity index (χ0n) is 10.7. The molecule has 0 bridgehead atoms. The molecule has 1 aromatic heterocycles. The molecule has 0 radical (unpaired) electrons. The Bertz CT molecular complexity index is 333. The number of nitrogens with zero attached hydrogens (tertiary/aromatic N) is 2. The molecule has 1 N–H and O–H groups in total. The van der Waals surface area contributed by atoms with Crippen LogP contribution in [-0.2, 0) is 13.5 Å². The monoisotopic (exact) mass is 260 g/mol. The van der Waals surface area contributed by atoms with Crippen molar-refractivity contribution in [2.45, 2.75) is 39.5 Å². The second-order valence-electron chi connectivity index (χ2n) is 3.70. The van der Waals surface area contributed by atoms with E-state index in [0.717, 1.165) is 18.0 Å². The third-order valence-corrected chi connectivity index (χ3v) is 2.52. The van der Waals surface area contributed by atoms with E-state index in [1.807, 2.05) is 6.92 Å². The summed E-state index contributed by atoms with van der Waals surface area (Å²) < 4.78 is 1.38. The van der Waals surface area contributed by atoms with E-state index >= 15 is 0 Å². The molecule has 0 atom stereocenters. The highest BCUT2D eigenvalue weighted by molar-refractivity contribution is 6.17. The number of aromatic nitrogens is 2. The van der Waals surface area contributed by atoms with E-state index in [1.54, 1.807) is 13.1 Å². The first kappa shape index (κ1) is 16.0. The third kappa shape index (κ3) is 6.31. The van der Waals surface area contributed by atoms with Gasteiger partial charge in [-0.2, -0.15) is 5.10 Å². The van der Waals surface area contributed by atoms with Crippen molar-refractivity contribution < 1.29 is 9.90 Å². The lowest BCUT2D eigenvalue weighted by Gasteiger charge is -1.91. The Morgan fingerprint density at radius 1 is 1.47 bits per heavy atom. The summed E-state index contributed by atoms with van der Waals surface area (Å²) in [6.45, 7) is 4.11. The lowest BCUT2D eigenvalue weighted by Crippen LogP contribution is -2.04. The molecule has 0 saturated heterocycles. The zero-order chi connectivity index (χ0) is 13.3. The normalized spacial score (nSPS) is 9.65. The number of carbonyl (C=O) groups is 1. The van der Waals surface area contributed by atoms with Crippen molar-refractivity contribution in [3.63, 3.8) is 0 Å². The van der Waals surface area contributed by atoms with E-state index in [1.165, 1.54) is 23.9 Å². The second kappa shape index (κ2) is 9.05. The molecule has 4 nitrogen and oxygen atoms in total. The van der Waals surface area contributed by atoms with Crippen LogP contribution in [0.4, 0.5) is 0 Å². The number of aryl methyl sites for hydroxylation is 2. The van der Waals surface area contributed by atoms with Crippen LogP contribution < -0.4 is 0 Å². The van der Waals surface area contributed by atoms with Gasteiger partial charge in [0.05, 0.1) is 5.69 Å². The lowest BCUT2D eigenvalue weighted by molar-refractivity contribution is 0.0685. The van der Waals surface area contributed by atoms with Gasteiger partial charge in [-0.15, -0.1) is 11.6 Å². The van der Waals surface area contributed by atoms with E-state index in [-0.39, 0.29) is 5.69 Å². The van der Waals surface area contributed by atoms with Gasteiger partial charge in [0, 0.05) is 12.9 Å². The number of aromatic carboxylic acids is 1. The van der Waals surface area contributed by atoms with Crippen LogP contribution >= 0.6 is 11.6 Å². The molecule has 5 heteroatoms. The molecule has 0 saturated carbocycles. The fourth-order valence-electron chi connectivity index (χ4n) is 1.24. The first-order chi connectivity index (χ1) is 8.06. The summed E-state index contributed by atoms with van der Waals surface area (Å²) in [7, 11) is 1.63. The van der Waals surface area contributed by atoms with Gasteiger partial charge in [0.15, 0.2) is 0 Å². The van der Waals surface area contributed by atoms with Crippen LogP contribution in [0, 0.1) is 0 Å². The molecule has 0 spiro atoms. The second-order valence-corrected chi connectivity index (χ2v) is 4.08. The minimum atomic E-state index is -0.931. The standard InChI is InChI=1S/C7H10N2O2.C5H11Cl/c1-3-5-4-6(7(10)11)9(2)8-5;1-2-3-4-5-6/h4H,3H2,1-2H3,(H,10,11);2-5H2,1H3. The van der Waals surface area contributed by atoms with Crippen LogP contribution in [0.5, 0.6) is 0 Å². The van der Waals surface area contributed by atoms with Gasteiger partial charge in [0.25, 0.3) is 0 Å². The van der Waals surface area contributed by atoms with E-state index < -0.39 is 5.97 Å². The number of hydrogen-bond donors (Lipinski definition) is 1. The SMILES string of the molecule is CCCCCCl.CCc1cc(C(=O)O)n(C)n1. The molecule has 0 aromatic carbocycles. The molecular formula is C12H21ClN2O2. The van der Waals surface area contributed by atoms with Crippen LogP contribution in [0.2, 0.25) is 0 Å². The molecule has 1 aromatic rings. The summed E-state index contributed by atoms with van der Waals surface area (Å²) in [4.78, 5) is 10.5. The van der Waals surface area contributed by atoms with Gasteiger partial charge < -0.3 is 5.11 Å². The molecule has 0 aliphatic rings. The summed E-state index contributed by atoms with van der Waals surface area (Å²) in [5, 5.41) is 12.6. The summed E-state index contributed by atoms with van der Waals surface area (Å²) in [6, 6.07) is 1.59. The van der Waals surface area contributed by atoms with E-state index in [9.17, 15) is 4.79 Å². The Labute approximate surface area is 108 Å². The van der Waals surface area contributed by atoms with E-state index in [4.69, 9.17) is 16.7 Å². The molecule has 1 heterocycles. The number of unbranched alkanes of at least 4 members (excludes halogenated alkanes) is 2. The van der Waals surface area contributed by atoms with Crippen molar-refractivity contribution in [1.29, 1.82) is 0 Å². The molecule has 0 amide bonds. The fourth-order valence-corrected chi connectivity index (χ4v) is 1.43. The van der Waals surface area contributed by atoms with Crippen molar-refractivity contribution >= 4 is 17.6 Å². The molecular weight excluding hydrogens is 240 g/mol. The third-order valence-electron chi connectivity index (χ3n) is 2.25. The lowest BCUT2D eigenvalue weighted by atomic mass is 10.3. The predicted molar refractivity (Wildman–Crippen MR) is 69.8 cm³/mol. The van der Waals surface area contributed by atoms with Crippen LogP contribution in [-0.4, -0.2) is 26.7 Å². The Morgan fingerprint density at radius 2 is 2.12 bits per heavy atom. The Morgan fingerprint density at radius 3 is 2.35 bits per heavy atom. The number of hydrogen-bond acceptors (Lipinski definition) is 2. The van der Waals surface area contributed by atoms with Gasteiger partial charge in [-0.3, -0.25) is 4.68 Å². The number of rotatable bonds is 5. The van der Waals surface area contributed by atoms with Crippen LogP contribution in [0.25, 0.3) is 0 Å². The van der Waals surface area contributed by atoms with Crippen molar-refractivity contribution in [2.75, 3.05) is 5.88 Å². The first-order valence-electron chi connectivity index (χ1n) is 5.88. The summed E-state index contributed by atoms with van der Waals surface area (Å²) in [5.74, 6) is -0.104. The molecule has 1 rings (SSSR count). The summed E-state index contributed by atoms with van der Waals surface area (Å²) in [6.07, 6.45) is 4.50. The topological polar surface area (TPSA) is 55.1 Å². The van der Waals surface area contributed by atoms with Gasteiger partial charge in [-0.25, -0.2) is 4.79 Å². The van der Waals surface area contributed by atoms with Crippen molar-refractivity contribution in [3.05, 3.63) is 17.5 Å². The van der Waals surface area contributed by atoms with Gasteiger partial charge >= 0.3 is 5.97 Å². The van der Waals surface area contributed by atoms with Gasteiger partial charge in [-0.1, -0.05) is 26.7 Å². The average molecular weight is 261 g/mol. The van der Waals surface area contributed by atoms with Gasteiger partial charge in [-0.05, 0) is 18.9 Å². The maximum absolute atomic E-state index is 10.5. The van der Waals surface area contributed by atoms with Gasteiger partial charge in [0.1, 0.15) is 5.69 Å². The molecule has 0 aliphatic heterocycles. The number of alkyl halides is 1. The Balaban J connectivity index is 0.000000366. The maximum Gasteiger partial charge on any atom is 0.354 e. The van der Waals surface area contributed by atoms with Crippen molar-refractivity contribution in [3.8, 4) is 0 Å². The highest BCUT2D eigenvalue weighted by Gasteiger charge is 2.09. The Kier molecular flexibility index (Phi) is 8.50. The number of carboxylic acid groups (broad SMARTS) is 1. The van der Waals surface area contributed by atoms with E-state index in [0.29, 0.717) is 0 Å². The maximum atomic E-state index is 10.5. The molecule has 0 fully saturated rings. The van der Waals surface area contributed by atoms with Crippen LogP contribution in [0.15, 0.2) is 6.07 Å². The Hall–Kier alpha value is -1.03. The summed E-state index contributed by atoms with van der Waals surface area (Å²) in [5.41, 5.74) is 1.05. The molecule has 98 valence electrons. The van der Waals surface area contributed by atoms with E-state index in [2.05, 4.69) is 12.0 Å². The first-order valence-corrected chi connectivity index (χ1v) is 6.42. The molecule has 0 aliphatic carbocycles. The quantitative estimate of drug-likeness (QED) is 0.654. The molecule has 0 unspecified atom stereocenters. The fraction of sp³-hybridized carbons (Fsp3) is 0.667. The number of carboxylic acids is 1. The average Bonchev–Trinajstić information content (AvgIpc) is 2.69. The smallest absolute Gasteiger partial charge is 0.354 e. The summed E-state index contributed by atoms with van der Waals surface area (Å²) >= 11 is 5.38. The zero-order valence-corrected chi connectivity index (χ0v) is 11.5. The minimum Gasteiger partial charge on any atom is -0.477 e. The minimum absolute atomic E-state index is 0.238. The molecule has 17 heavy (non-hydrogen) atoms. The van der Waals surface area contributed by atoms with Crippen LogP contribution in [0.1, 0.15) is 49.3 Å². The predicted octanol–water partition coefficient (Wildman–Crippen LogP) is 3.10. The van der Waals surface area contributed by atoms with Crippen molar-refractivity contribution in [1.82, 2.24) is 9.78 Å².